The van der Waals surface area contributed by atoms with Crippen LogP contribution in [0.5, 0.6) is 0 Å². The van der Waals surface area contributed by atoms with E-state index in [1.165, 1.54) is 36.8 Å². The molecule has 19 heavy (non-hydrogen) atoms. The molecule has 2 nitrogen and oxygen atoms in total. The van der Waals surface area contributed by atoms with Crippen LogP contribution in [0.15, 0.2) is 24.3 Å². The number of benzene rings is 1. The summed E-state index contributed by atoms with van der Waals surface area (Å²) in [6, 6.07) is 9.96. The molecule has 1 aromatic rings. The van der Waals surface area contributed by atoms with E-state index < -0.39 is 0 Å². The molecule has 0 bridgehead atoms. The Morgan fingerprint density at radius 3 is 2.63 bits per heavy atom. The van der Waals surface area contributed by atoms with Crippen molar-refractivity contribution in [2.24, 2.45) is 11.1 Å². The molecule has 0 aliphatic heterocycles. The lowest BCUT2D eigenvalue weighted by atomic mass is 9.73. The zero-order valence-corrected chi connectivity index (χ0v) is 12.2. The SMILES string of the molecule is CC1(C)CCCCC1NC1CC(N)c2ccccc21. The first kappa shape index (κ1) is 13.1. The van der Waals surface area contributed by atoms with Crippen LogP contribution in [0.3, 0.4) is 0 Å². The molecule has 3 rings (SSSR count). The first-order valence-corrected chi connectivity index (χ1v) is 7.68. The van der Waals surface area contributed by atoms with Crippen LogP contribution in [0.1, 0.15) is 69.2 Å². The lowest BCUT2D eigenvalue weighted by Gasteiger charge is -2.41. The second-order valence-corrected chi connectivity index (χ2v) is 6.98. The van der Waals surface area contributed by atoms with E-state index >= 15 is 0 Å². The highest BCUT2D eigenvalue weighted by atomic mass is 15.0. The van der Waals surface area contributed by atoms with E-state index in [0.29, 0.717) is 17.5 Å². The molecule has 2 aliphatic carbocycles. The van der Waals surface area contributed by atoms with Crippen molar-refractivity contribution in [2.75, 3.05) is 0 Å². The predicted molar refractivity (Wildman–Crippen MR) is 79.9 cm³/mol. The molecule has 0 saturated heterocycles. The topological polar surface area (TPSA) is 38.0 Å². The highest BCUT2D eigenvalue weighted by Gasteiger charge is 2.36. The number of hydrogen-bond acceptors (Lipinski definition) is 2. The maximum absolute atomic E-state index is 6.27. The summed E-state index contributed by atoms with van der Waals surface area (Å²) in [5.74, 6) is 0. The first-order chi connectivity index (χ1) is 9.08. The van der Waals surface area contributed by atoms with Crippen LogP contribution in [-0.2, 0) is 0 Å². The van der Waals surface area contributed by atoms with Gasteiger partial charge in [-0.3, -0.25) is 0 Å². The van der Waals surface area contributed by atoms with Crippen molar-refractivity contribution in [1.29, 1.82) is 0 Å². The summed E-state index contributed by atoms with van der Waals surface area (Å²) in [5.41, 5.74) is 9.45. The van der Waals surface area contributed by atoms with Crippen LogP contribution in [-0.4, -0.2) is 6.04 Å². The Labute approximate surface area is 116 Å². The minimum absolute atomic E-state index is 0.209. The molecule has 3 unspecified atom stereocenters. The minimum Gasteiger partial charge on any atom is -0.324 e. The minimum atomic E-state index is 0.209. The van der Waals surface area contributed by atoms with Gasteiger partial charge in [-0.05, 0) is 35.8 Å². The molecule has 0 heterocycles. The molecule has 1 saturated carbocycles. The lowest BCUT2D eigenvalue weighted by Crippen LogP contribution is -2.45. The lowest BCUT2D eigenvalue weighted by molar-refractivity contribution is 0.154. The molecule has 3 N–H and O–H groups in total. The summed E-state index contributed by atoms with van der Waals surface area (Å²) in [6.45, 7) is 4.81. The highest BCUT2D eigenvalue weighted by Crippen LogP contribution is 2.41. The maximum Gasteiger partial charge on any atom is 0.0344 e. The van der Waals surface area contributed by atoms with Crippen molar-refractivity contribution in [3.8, 4) is 0 Å². The number of fused-ring (bicyclic) bond motifs is 1. The van der Waals surface area contributed by atoms with Crippen LogP contribution >= 0.6 is 0 Å². The van der Waals surface area contributed by atoms with Gasteiger partial charge in [-0.1, -0.05) is 51.0 Å². The fourth-order valence-corrected chi connectivity index (χ4v) is 3.88. The summed E-state index contributed by atoms with van der Waals surface area (Å²) in [7, 11) is 0. The summed E-state index contributed by atoms with van der Waals surface area (Å²) >= 11 is 0. The van der Waals surface area contributed by atoms with Gasteiger partial charge >= 0.3 is 0 Å². The largest absolute Gasteiger partial charge is 0.324 e. The van der Waals surface area contributed by atoms with Gasteiger partial charge in [0.1, 0.15) is 0 Å². The zero-order chi connectivity index (χ0) is 13.5. The monoisotopic (exact) mass is 258 g/mol. The molecular formula is C17H26N2. The Bertz CT molecular complexity index is 452. The summed E-state index contributed by atoms with van der Waals surface area (Å²) in [4.78, 5) is 0. The van der Waals surface area contributed by atoms with E-state index in [9.17, 15) is 0 Å². The zero-order valence-electron chi connectivity index (χ0n) is 12.2. The van der Waals surface area contributed by atoms with Gasteiger partial charge in [0, 0.05) is 18.1 Å². The Kier molecular flexibility index (Phi) is 3.40. The fourth-order valence-electron chi connectivity index (χ4n) is 3.88. The molecule has 1 aromatic carbocycles. The molecule has 0 spiro atoms. The van der Waals surface area contributed by atoms with Gasteiger partial charge in [0.2, 0.25) is 0 Å². The van der Waals surface area contributed by atoms with Crippen LogP contribution < -0.4 is 11.1 Å². The summed E-state index contributed by atoms with van der Waals surface area (Å²) < 4.78 is 0. The number of nitrogens with one attached hydrogen (secondary N) is 1. The van der Waals surface area contributed by atoms with Gasteiger partial charge in [-0.2, -0.15) is 0 Å². The number of nitrogens with two attached hydrogens (primary N) is 1. The van der Waals surface area contributed by atoms with Crippen molar-refractivity contribution in [3.63, 3.8) is 0 Å². The van der Waals surface area contributed by atoms with E-state index in [-0.39, 0.29) is 6.04 Å². The van der Waals surface area contributed by atoms with E-state index in [0.717, 1.165) is 6.42 Å². The number of rotatable bonds is 2. The maximum atomic E-state index is 6.27. The summed E-state index contributed by atoms with van der Waals surface area (Å²) in [6.07, 6.45) is 6.44. The van der Waals surface area contributed by atoms with E-state index in [1.54, 1.807) is 0 Å². The highest BCUT2D eigenvalue weighted by molar-refractivity contribution is 5.37. The van der Waals surface area contributed by atoms with Gasteiger partial charge in [-0.15, -0.1) is 0 Å². The van der Waals surface area contributed by atoms with Crippen molar-refractivity contribution in [1.82, 2.24) is 5.32 Å². The molecule has 2 heteroatoms. The van der Waals surface area contributed by atoms with Crippen molar-refractivity contribution in [3.05, 3.63) is 35.4 Å². The second kappa shape index (κ2) is 4.92. The van der Waals surface area contributed by atoms with Gasteiger partial charge in [0.25, 0.3) is 0 Å². The Hall–Kier alpha value is -0.860. The van der Waals surface area contributed by atoms with Gasteiger partial charge < -0.3 is 11.1 Å². The van der Waals surface area contributed by atoms with Crippen molar-refractivity contribution in [2.45, 2.75) is 64.1 Å². The van der Waals surface area contributed by atoms with Crippen LogP contribution in [0.4, 0.5) is 0 Å². The van der Waals surface area contributed by atoms with Crippen LogP contribution in [0.25, 0.3) is 0 Å². The predicted octanol–water partition coefficient (Wildman–Crippen LogP) is 3.69. The summed E-state index contributed by atoms with van der Waals surface area (Å²) in [5, 5.41) is 3.91. The number of hydrogen-bond donors (Lipinski definition) is 2. The average Bonchev–Trinajstić information content (AvgIpc) is 2.70. The van der Waals surface area contributed by atoms with Crippen LogP contribution in [0, 0.1) is 5.41 Å². The molecule has 0 amide bonds. The second-order valence-electron chi connectivity index (χ2n) is 6.98. The first-order valence-electron chi connectivity index (χ1n) is 7.68. The smallest absolute Gasteiger partial charge is 0.0344 e. The van der Waals surface area contributed by atoms with Gasteiger partial charge in [-0.25, -0.2) is 0 Å². The third kappa shape index (κ3) is 2.44. The molecule has 2 aliphatic rings. The molecule has 1 fully saturated rings. The van der Waals surface area contributed by atoms with Crippen molar-refractivity contribution >= 4 is 0 Å². The molecule has 3 atom stereocenters. The van der Waals surface area contributed by atoms with E-state index in [4.69, 9.17) is 5.73 Å². The Balaban J connectivity index is 1.78. The average molecular weight is 258 g/mol. The van der Waals surface area contributed by atoms with Gasteiger partial charge in [0.15, 0.2) is 0 Å². The molecule has 104 valence electrons. The van der Waals surface area contributed by atoms with Crippen LogP contribution in [0.2, 0.25) is 0 Å². The quantitative estimate of drug-likeness (QED) is 0.849. The Morgan fingerprint density at radius 2 is 1.89 bits per heavy atom. The fraction of sp³-hybridized carbons (Fsp3) is 0.647. The standard InChI is InChI=1S/C17H26N2/c1-17(2)10-6-5-9-16(17)19-15-11-14(18)12-7-3-4-8-13(12)15/h3-4,7-8,14-16,19H,5-6,9-11,18H2,1-2H3. The molecular weight excluding hydrogens is 232 g/mol. The normalized spacial score (nSPS) is 33.1. The third-order valence-corrected chi connectivity index (χ3v) is 5.17. The third-order valence-electron chi connectivity index (χ3n) is 5.17. The Morgan fingerprint density at radius 1 is 1.16 bits per heavy atom. The van der Waals surface area contributed by atoms with Gasteiger partial charge in [0.05, 0.1) is 0 Å². The molecule has 0 radical (unpaired) electrons. The van der Waals surface area contributed by atoms with E-state index in [2.05, 4.69) is 43.4 Å². The molecule has 0 aromatic heterocycles. The van der Waals surface area contributed by atoms with E-state index in [1.807, 2.05) is 0 Å². The van der Waals surface area contributed by atoms with Crippen molar-refractivity contribution < 1.29 is 0 Å².